The van der Waals surface area contributed by atoms with Crippen molar-refractivity contribution in [2.45, 2.75) is 23.0 Å². The Morgan fingerprint density at radius 3 is 2.52 bits per heavy atom. The van der Waals surface area contributed by atoms with Gasteiger partial charge < -0.3 is 14.4 Å². The van der Waals surface area contributed by atoms with Crippen molar-refractivity contribution in [2.24, 2.45) is 0 Å². The van der Waals surface area contributed by atoms with Crippen LogP contribution in [0.3, 0.4) is 0 Å². The molecule has 164 valence electrons. The van der Waals surface area contributed by atoms with Gasteiger partial charge in [0.25, 0.3) is 0 Å². The minimum Gasteiger partial charge on any atom is -0.497 e. The van der Waals surface area contributed by atoms with Gasteiger partial charge in [0.05, 0.1) is 30.1 Å². The molecule has 0 atom stereocenters. The molecule has 2 aromatic carbocycles. The topological polar surface area (TPSA) is 68.7 Å². The van der Waals surface area contributed by atoms with E-state index >= 15 is 0 Å². The SMILES string of the molecule is COc1ccc(OC)c(-c2csc(N3CCC(S(=O)(=O)c4ccccc4Br)CC3)n2)c1. The molecule has 4 rings (SSSR count). The van der Waals surface area contributed by atoms with E-state index < -0.39 is 9.84 Å². The summed E-state index contributed by atoms with van der Waals surface area (Å²) in [6.07, 6.45) is 1.14. The van der Waals surface area contributed by atoms with Gasteiger partial charge in [-0.1, -0.05) is 12.1 Å². The largest absolute Gasteiger partial charge is 0.497 e. The standard InChI is InChI=1S/C22H23BrN2O4S2/c1-28-15-7-8-20(29-2)17(13-15)19-14-30-22(24-19)25-11-9-16(10-12-25)31(26,27)21-6-4-3-5-18(21)23/h3-8,13-14,16H,9-12H2,1-2H3. The highest BCUT2D eigenvalue weighted by molar-refractivity contribution is 9.10. The Labute approximate surface area is 194 Å². The highest BCUT2D eigenvalue weighted by Gasteiger charge is 2.33. The molecule has 1 aliphatic rings. The van der Waals surface area contributed by atoms with Crippen LogP contribution in [0.25, 0.3) is 11.3 Å². The quantitative estimate of drug-likeness (QED) is 0.452. The Kier molecular flexibility index (Phi) is 6.55. The van der Waals surface area contributed by atoms with E-state index in [1.165, 1.54) is 0 Å². The zero-order chi connectivity index (χ0) is 22.0. The number of hydrogen-bond donors (Lipinski definition) is 0. The van der Waals surface area contributed by atoms with Crippen molar-refractivity contribution in [3.63, 3.8) is 0 Å². The minimum atomic E-state index is -3.37. The van der Waals surface area contributed by atoms with Gasteiger partial charge in [-0.3, -0.25) is 0 Å². The number of methoxy groups -OCH3 is 2. The third-order valence-electron chi connectivity index (χ3n) is 5.47. The number of ether oxygens (including phenoxy) is 2. The number of halogens is 1. The van der Waals surface area contributed by atoms with Crippen LogP contribution in [0.15, 0.2) is 57.2 Å². The third-order valence-corrected chi connectivity index (χ3v) is 9.64. The normalized spacial score (nSPS) is 15.1. The number of aromatic nitrogens is 1. The second-order valence-corrected chi connectivity index (χ2v) is 11.1. The summed E-state index contributed by atoms with van der Waals surface area (Å²) >= 11 is 4.93. The molecule has 0 radical (unpaired) electrons. The molecule has 1 aromatic heterocycles. The van der Waals surface area contributed by atoms with E-state index in [4.69, 9.17) is 14.5 Å². The number of nitrogens with zero attached hydrogens (tertiary/aromatic N) is 2. The van der Waals surface area contributed by atoms with E-state index in [1.807, 2.05) is 29.6 Å². The maximum atomic E-state index is 13.1. The predicted octanol–water partition coefficient (Wildman–Crippen LogP) is 5.03. The molecule has 6 nitrogen and oxygen atoms in total. The van der Waals surface area contributed by atoms with Crippen LogP contribution in [-0.2, 0) is 9.84 Å². The van der Waals surface area contributed by atoms with Crippen LogP contribution >= 0.6 is 27.3 Å². The first kappa shape index (κ1) is 22.1. The highest BCUT2D eigenvalue weighted by atomic mass is 79.9. The first-order valence-corrected chi connectivity index (χ1v) is 13.1. The fraction of sp³-hybridized carbons (Fsp3) is 0.318. The monoisotopic (exact) mass is 522 g/mol. The average molecular weight is 523 g/mol. The first-order chi connectivity index (χ1) is 14.9. The molecule has 1 aliphatic heterocycles. The highest BCUT2D eigenvalue weighted by Crippen LogP contribution is 2.37. The Hall–Kier alpha value is -2.10. The number of anilines is 1. The van der Waals surface area contributed by atoms with Crippen LogP contribution in [0, 0.1) is 0 Å². The predicted molar refractivity (Wildman–Crippen MR) is 127 cm³/mol. The fourth-order valence-corrected chi connectivity index (χ4v) is 7.40. The first-order valence-electron chi connectivity index (χ1n) is 9.85. The molecule has 1 saturated heterocycles. The molecule has 0 saturated carbocycles. The zero-order valence-corrected chi connectivity index (χ0v) is 20.5. The van der Waals surface area contributed by atoms with Crippen molar-refractivity contribution in [3.8, 4) is 22.8 Å². The van der Waals surface area contributed by atoms with Crippen molar-refractivity contribution < 1.29 is 17.9 Å². The second-order valence-electron chi connectivity index (χ2n) is 7.24. The summed E-state index contributed by atoms with van der Waals surface area (Å²) in [6, 6.07) is 12.7. The van der Waals surface area contributed by atoms with Gasteiger partial charge in [-0.05, 0) is 59.1 Å². The lowest BCUT2D eigenvalue weighted by Gasteiger charge is -2.31. The Bertz CT molecular complexity index is 1170. The molecule has 3 aromatic rings. The van der Waals surface area contributed by atoms with E-state index in [0.29, 0.717) is 35.3 Å². The summed E-state index contributed by atoms with van der Waals surface area (Å²) in [5.74, 6) is 1.47. The number of hydrogen-bond acceptors (Lipinski definition) is 7. The third kappa shape index (κ3) is 4.44. The van der Waals surface area contributed by atoms with Crippen molar-refractivity contribution >= 4 is 42.2 Å². The van der Waals surface area contributed by atoms with Crippen molar-refractivity contribution in [1.82, 2.24) is 4.98 Å². The van der Waals surface area contributed by atoms with Crippen LogP contribution in [0.1, 0.15) is 12.8 Å². The van der Waals surface area contributed by atoms with Gasteiger partial charge >= 0.3 is 0 Å². The molecular formula is C22H23BrN2O4S2. The Balaban J connectivity index is 1.50. The molecule has 0 aliphatic carbocycles. The average Bonchev–Trinajstić information content (AvgIpc) is 3.29. The van der Waals surface area contributed by atoms with Crippen LogP contribution < -0.4 is 14.4 Å². The minimum absolute atomic E-state index is 0.370. The molecule has 0 bridgehead atoms. The second kappa shape index (κ2) is 9.18. The maximum absolute atomic E-state index is 13.1. The number of thiazole rings is 1. The lowest BCUT2D eigenvalue weighted by molar-refractivity contribution is 0.404. The van der Waals surface area contributed by atoms with E-state index in [9.17, 15) is 8.42 Å². The van der Waals surface area contributed by atoms with E-state index in [-0.39, 0.29) is 5.25 Å². The zero-order valence-electron chi connectivity index (χ0n) is 17.2. The van der Waals surface area contributed by atoms with Gasteiger partial charge in [0.1, 0.15) is 11.5 Å². The van der Waals surface area contributed by atoms with Crippen molar-refractivity contribution in [1.29, 1.82) is 0 Å². The number of rotatable bonds is 6. The van der Waals surface area contributed by atoms with Gasteiger partial charge in [-0.25, -0.2) is 13.4 Å². The van der Waals surface area contributed by atoms with Crippen molar-refractivity contribution in [2.75, 3.05) is 32.2 Å². The van der Waals surface area contributed by atoms with E-state index in [0.717, 1.165) is 27.9 Å². The summed E-state index contributed by atoms with van der Waals surface area (Å²) in [6.45, 7) is 1.30. The fourth-order valence-electron chi connectivity index (χ4n) is 3.76. The van der Waals surface area contributed by atoms with Gasteiger partial charge in [0.2, 0.25) is 0 Å². The van der Waals surface area contributed by atoms with Gasteiger partial charge in [-0.15, -0.1) is 11.3 Å². The summed E-state index contributed by atoms with van der Waals surface area (Å²) in [4.78, 5) is 7.33. The summed E-state index contributed by atoms with van der Waals surface area (Å²) in [5.41, 5.74) is 1.69. The summed E-state index contributed by atoms with van der Waals surface area (Å²) in [5, 5.41) is 2.49. The molecule has 9 heteroatoms. The lowest BCUT2D eigenvalue weighted by atomic mass is 10.1. The van der Waals surface area contributed by atoms with Crippen LogP contribution in [0.2, 0.25) is 0 Å². The van der Waals surface area contributed by atoms with Gasteiger partial charge in [-0.2, -0.15) is 0 Å². The number of piperidine rings is 1. The molecule has 0 spiro atoms. The molecule has 0 amide bonds. The van der Waals surface area contributed by atoms with Crippen LogP contribution in [0.5, 0.6) is 11.5 Å². The molecule has 1 fully saturated rings. The number of benzene rings is 2. The molecular weight excluding hydrogens is 500 g/mol. The van der Waals surface area contributed by atoms with E-state index in [2.05, 4.69) is 20.8 Å². The molecule has 0 unspecified atom stereocenters. The maximum Gasteiger partial charge on any atom is 0.185 e. The lowest BCUT2D eigenvalue weighted by Crippen LogP contribution is -2.39. The molecule has 0 N–H and O–H groups in total. The summed E-state index contributed by atoms with van der Waals surface area (Å²) < 4.78 is 37.6. The summed E-state index contributed by atoms with van der Waals surface area (Å²) in [7, 11) is -0.111. The van der Waals surface area contributed by atoms with Crippen molar-refractivity contribution in [3.05, 3.63) is 52.3 Å². The Morgan fingerprint density at radius 1 is 1.10 bits per heavy atom. The Morgan fingerprint density at radius 2 is 1.84 bits per heavy atom. The smallest absolute Gasteiger partial charge is 0.185 e. The van der Waals surface area contributed by atoms with Gasteiger partial charge in [0, 0.05) is 28.5 Å². The van der Waals surface area contributed by atoms with Crippen LogP contribution in [-0.4, -0.2) is 46.0 Å². The molecule has 2 heterocycles. The van der Waals surface area contributed by atoms with Gasteiger partial charge in [0.15, 0.2) is 15.0 Å². The molecule has 31 heavy (non-hydrogen) atoms. The van der Waals surface area contributed by atoms with Crippen LogP contribution in [0.4, 0.5) is 5.13 Å². The van der Waals surface area contributed by atoms with E-state index in [1.54, 1.807) is 43.8 Å². The number of sulfone groups is 1.